The summed E-state index contributed by atoms with van der Waals surface area (Å²) in [6.07, 6.45) is 3.12. The van der Waals surface area contributed by atoms with Crippen LogP contribution in [0.2, 0.25) is 0 Å². The molecule has 0 bridgehead atoms. The number of thioether (sulfide) groups is 1. The van der Waals surface area contributed by atoms with E-state index in [1.165, 1.54) is 11.8 Å². The van der Waals surface area contributed by atoms with Crippen molar-refractivity contribution < 1.29 is 9.90 Å². The van der Waals surface area contributed by atoms with Crippen LogP contribution >= 0.6 is 11.8 Å². The van der Waals surface area contributed by atoms with Crippen LogP contribution in [-0.4, -0.2) is 16.5 Å². The maximum absolute atomic E-state index is 11.4. The molecule has 1 aromatic rings. The Balaban J connectivity index is 2.37. The number of hydrogen-bond acceptors (Lipinski definition) is 3. The number of aryl methyl sites for hydroxylation is 1. The molecule has 14 heavy (non-hydrogen) atoms. The second kappa shape index (κ2) is 3.75. The summed E-state index contributed by atoms with van der Waals surface area (Å²) >= 11 is 1.22. The lowest BCUT2D eigenvalue weighted by Gasteiger charge is -2.04. The van der Waals surface area contributed by atoms with Crippen molar-refractivity contribution in [2.45, 2.75) is 18.9 Å². The maximum atomic E-state index is 11.4. The van der Waals surface area contributed by atoms with Gasteiger partial charge in [-0.2, -0.15) is 0 Å². The summed E-state index contributed by atoms with van der Waals surface area (Å²) in [5.74, 6) is 0. The Bertz CT molecular complexity index is 374. The molecule has 0 saturated carbocycles. The van der Waals surface area contributed by atoms with E-state index in [1.54, 1.807) is 12.3 Å². The highest BCUT2D eigenvalue weighted by molar-refractivity contribution is 8.13. The standard InChI is InChI=1S/C11H12O2S/c1-14-11(13)8-2-4-9-7(6-8)3-5-10(9)12/h2,4,6,10,12H,3,5H2,1H3. The van der Waals surface area contributed by atoms with Crippen LogP contribution in [0.5, 0.6) is 0 Å². The molecular formula is C11H12O2S. The zero-order chi connectivity index (χ0) is 10.1. The van der Waals surface area contributed by atoms with Crippen LogP contribution in [0.3, 0.4) is 0 Å². The van der Waals surface area contributed by atoms with Crippen LogP contribution in [0.1, 0.15) is 34.0 Å². The Kier molecular flexibility index (Phi) is 2.61. The largest absolute Gasteiger partial charge is 0.388 e. The first kappa shape index (κ1) is 9.74. The van der Waals surface area contributed by atoms with E-state index in [2.05, 4.69) is 0 Å². The van der Waals surface area contributed by atoms with Gasteiger partial charge in [-0.05, 0) is 36.3 Å². The molecule has 0 radical (unpaired) electrons. The second-order valence-electron chi connectivity index (χ2n) is 3.46. The van der Waals surface area contributed by atoms with E-state index in [1.807, 2.05) is 12.1 Å². The average molecular weight is 208 g/mol. The molecule has 1 aliphatic carbocycles. The molecule has 1 aliphatic rings. The molecule has 3 heteroatoms. The van der Waals surface area contributed by atoms with Gasteiger partial charge in [-0.3, -0.25) is 4.79 Å². The van der Waals surface area contributed by atoms with Crippen molar-refractivity contribution in [1.82, 2.24) is 0 Å². The highest BCUT2D eigenvalue weighted by atomic mass is 32.2. The number of hydrogen-bond donors (Lipinski definition) is 1. The van der Waals surface area contributed by atoms with Crippen LogP contribution in [0.25, 0.3) is 0 Å². The normalized spacial score (nSPS) is 19.4. The van der Waals surface area contributed by atoms with Crippen molar-refractivity contribution in [2.24, 2.45) is 0 Å². The quantitative estimate of drug-likeness (QED) is 0.768. The third kappa shape index (κ3) is 1.57. The molecule has 0 aromatic heterocycles. The Morgan fingerprint density at radius 3 is 3.07 bits per heavy atom. The van der Waals surface area contributed by atoms with E-state index >= 15 is 0 Å². The van der Waals surface area contributed by atoms with Gasteiger partial charge in [-0.25, -0.2) is 0 Å². The highest BCUT2D eigenvalue weighted by Gasteiger charge is 2.20. The summed E-state index contributed by atoms with van der Waals surface area (Å²) in [6, 6.07) is 5.58. The molecule has 2 nitrogen and oxygen atoms in total. The molecular weight excluding hydrogens is 196 g/mol. The Morgan fingerprint density at radius 2 is 2.36 bits per heavy atom. The van der Waals surface area contributed by atoms with Crippen molar-refractivity contribution in [1.29, 1.82) is 0 Å². The third-order valence-corrected chi connectivity index (χ3v) is 3.22. The minimum absolute atomic E-state index is 0.0918. The van der Waals surface area contributed by atoms with Crippen LogP contribution in [0, 0.1) is 0 Å². The number of aliphatic hydroxyl groups is 1. The predicted molar refractivity (Wildman–Crippen MR) is 57.6 cm³/mol. The number of fused-ring (bicyclic) bond motifs is 1. The summed E-state index contributed by atoms with van der Waals surface area (Å²) in [5, 5.41) is 9.67. The van der Waals surface area contributed by atoms with Gasteiger partial charge in [0.2, 0.25) is 5.12 Å². The third-order valence-electron chi connectivity index (χ3n) is 2.61. The summed E-state index contributed by atoms with van der Waals surface area (Å²) in [7, 11) is 0. The minimum atomic E-state index is -0.330. The second-order valence-corrected chi connectivity index (χ2v) is 4.24. The number of aliphatic hydroxyl groups excluding tert-OH is 1. The molecule has 1 unspecified atom stereocenters. The molecule has 0 spiro atoms. The summed E-state index contributed by atoms with van der Waals surface area (Å²) in [6.45, 7) is 0. The van der Waals surface area contributed by atoms with Gasteiger partial charge in [0.25, 0.3) is 0 Å². The topological polar surface area (TPSA) is 37.3 Å². The summed E-state index contributed by atoms with van der Waals surface area (Å²) in [5.41, 5.74) is 2.85. The lowest BCUT2D eigenvalue weighted by atomic mass is 10.1. The summed E-state index contributed by atoms with van der Waals surface area (Å²) < 4.78 is 0. The molecule has 74 valence electrons. The fourth-order valence-electron chi connectivity index (χ4n) is 1.84. The van der Waals surface area contributed by atoms with E-state index in [0.717, 1.165) is 29.5 Å². The first-order valence-corrected chi connectivity index (χ1v) is 5.84. The fraction of sp³-hybridized carbons (Fsp3) is 0.364. The van der Waals surface area contributed by atoms with Gasteiger partial charge in [-0.15, -0.1) is 0 Å². The molecule has 0 fully saturated rings. The predicted octanol–water partition coefficient (Wildman–Crippen LogP) is 2.17. The summed E-state index contributed by atoms with van der Waals surface area (Å²) in [4.78, 5) is 11.4. The van der Waals surface area contributed by atoms with Gasteiger partial charge in [0.15, 0.2) is 0 Å². The maximum Gasteiger partial charge on any atom is 0.219 e. The van der Waals surface area contributed by atoms with E-state index < -0.39 is 0 Å². The molecule has 0 saturated heterocycles. The highest BCUT2D eigenvalue weighted by Crippen LogP contribution is 2.31. The van der Waals surface area contributed by atoms with Gasteiger partial charge in [0.1, 0.15) is 0 Å². The van der Waals surface area contributed by atoms with Crippen LogP contribution < -0.4 is 0 Å². The number of rotatable bonds is 1. The Hall–Kier alpha value is -0.800. The zero-order valence-electron chi connectivity index (χ0n) is 7.99. The SMILES string of the molecule is CSC(=O)c1ccc2c(c1)CCC2O. The van der Waals surface area contributed by atoms with Crippen LogP contribution in [0.4, 0.5) is 0 Å². The lowest BCUT2D eigenvalue weighted by molar-refractivity contribution is 0.108. The molecule has 0 amide bonds. The van der Waals surface area contributed by atoms with Crippen molar-refractivity contribution in [3.63, 3.8) is 0 Å². The molecule has 1 atom stereocenters. The fourth-order valence-corrected chi connectivity index (χ4v) is 2.20. The lowest BCUT2D eigenvalue weighted by Crippen LogP contribution is -1.95. The molecule has 1 aromatic carbocycles. The van der Waals surface area contributed by atoms with Crippen LogP contribution in [-0.2, 0) is 6.42 Å². The average Bonchev–Trinajstić information content (AvgIpc) is 2.59. The number of carbonyl (C=O) groups excluding carboxylic acids is 1. The first-order valence-electron chi connectivity index (χ1n) is 4.61. The molecule has 0 heterocycles. The molecule has 2 rings (SSSR count). The number of carbonyl (C=O) groups is 1. The van der Waals surface area contributed by atoms with Crippen molar-refractivity contribution in [3.05, 3.63) is 34.9 Å². The van der Waals surface area contributed by atoms with Gasteiger partial charge < -0.3 is 5.11 Å². The van der Waals surface area contributed by atoms with E-state index in [9.17, 15) is 9.90 Å². The first-order chi connectivity index (χ1) is 6.72. The smallest absolute Gasteiger partial charge is 0.219 e. The van der Waals surface area contributed by atoms with Gasteiger partial charge in [0, 0.05) is 5.56 Å². The van der Waals surface area contributed by atoms with E-state index in [4.69, 9.17) is 0 Å². The van der Waals surface area contributed by atoms with Gasteiger partial charge in [0.05, 0.1) is 6.10 Å². The van der Waals surface area contributed by atoms with Crippen LogP contribution in [0.15, 0.2) is 18.2 Å². The monoisotopic (exact) mass is 208 g/mol. The Labute approximate surface area is 87.3 Å². The van der Waals surface area contributed by atoms with Gasteiger partial charge >= 0.3 is 0 Å². The van der Waals surface area contributed by atoms with Crippen molar-refractivity contribution in [2.75, 3.05) is 6.26 Å². The van der Waals surface area contributed by atoms with Crippen molar-refractivity contribution in [3.8, 4) is 0 Å². The van der Waals surface area contributed by atoms with E-state index in [-0.39, 0.29) is 11.2 Å². The molecule has 0 aliphatic heterocycles. The Morgan fingerprint density at radius 1 is 1.57 bits per heavy atom. The zero-order valence-corrected chi connectivity index (χ0v) is 8.80. The van der Waals surface area contributed by atoms with Crippen molar-refractivity contribution >= 4 is 16.9 Å². The minimum Gasteiger partial charge on any atom is -0.388 e. The van der Waals surface area contributed by atoms with Gasteiger partial charge in [-0.1, -0.05) is 23.9 Å². The molecule has 1 N–H and O–H groups in total. The number of benzene rings is 1. The van der Waals surface area contributed by atoms with E-state index in [0.29, 0.717) is 0 Å².